The van der Waals surface area contributed by atoms with Crippen LogP contribution in [0.25, 0.3) is 122 Å². The number of rotatable bonds is 8. The lowest BCUT2D eigenvalue weighted by molar-refractivity contribution is 0.768. The molecule has 0 fully saturated rings. The Labute approximate surface area is 455 Å². The summed E-state index contributed by atoms with van der Waals surface area (Å²) in [6.45, 7) is 2.17. The molecule has 0 N–H and O–H groups in total. The molecular formula is C78H52. The number of aryl methyl sites for hydroxylation is 1. The van der Waals surface area contributed by atoms with E-state index in [1.54, 1.807) is 0 Å². The van der Waals surface area contributed by atoms with Crippen molar-refractivity contribution in [1.82, 2.24) is 0 Å². The minimum absolute atomic E-state index is 0.424. The molecule has 364 valence electrons. The molecule has 14 aromatic carbocycles. The second-order valence-electron chi connectivity index (χ2n) is 21.1. The standard InChI is InChI=1S/C78H52/c1-51-33-45-58(46-34-51)78(74-31-14-12-24-67(74)68-25-13-15-32-75(68)78)59-47-41-53(42-48-59)52-35-39-57(40-36-52)76-69-26-8-10-28-71(69)77(72-29-11-9-27-70(72)76)73-50-44-56(62-21-5-7-23-65(62)73)38-37-55-43-49-66(63-22-6-4-20-61(55)63)64-30-16-18-54-17-2-3-19-60(54)64/h2-50H,1H3. The monoisotopic (exact) mass is 988 g/mol. The van der Waals surface area contributed by atoms with Crippen molar-refractivity contribution in [3.63, 3.8) is 0 Å². The SMILES string of the molecule is Cc1ccc(C2(c3ccc(-c4ccc(-c5c6ccccc6c(-c6ccc(C=Cc7ccc(-c8cccc9ccccc89)c8ccccc78)c7ccccc67)c6ccccc56)cc4)cc3)c3ccccc3-c3ccccc32)cc1. The second kappa shape index (κ2) is 18.4. The van der Waals surface area contributed by atoms with Gasteiger partial charge in [0.2, 0.25) is 0 Å². The van der Waals surface area contributed by atoms with E-state index < -0.39 is 5.41 Å². The summed E-state index contributed by atoms with van der Waals surface area (Å²) in [7, 11) is 0. The third-order valence-electron chi connectivity index (χ3n) is 16.9. The van der Waals surface area contributed by atoms with Crippen molar-refractivity contribution in [1.29, 1.82) is 0 Å². The molecule has 0 aromatic heterocycles. The van der Waals surface area contributed by atoms with Crippen LogP contribution in [0.4, 0.5) is 0 Å². The molecule has 15 rings (SSSR count). The van der Waals surface area contributed by atoms with E-state index in [0.29, 0.717) is 0 Å². The van der Waals surface area contributed by atoms with Gasteiger partial charge >= 0.3 is 0 Å². The molecule has 78 heavy (non-hydrogen) atoms. The number of benzene rings is 14. The minimum atomic E-state index is -0.424. The summed E-state index contributed by atoms with van der Waals surface area (Å²) in [5.74, 6) is 0. The largest absolute Gasteiger partial charge is 0.0713 e. The van der Waals surface area contributed by atoms with Crippen LogP contribution in [-0.4, -0.2) is 0 Å². The molecule has 0 heterocycles. The van der Waals surface area contributed by atoms with Crippen molar-refractivity contribution < 1.29 is 0 Å². The Balaban J connectivity index is 0.796. The molecule has 0 unspecified atom stereocenters. The summed E-state index contributed by atoms with van der Waals surface area (Å²) in [6, 6.07) is 106. The van der Waals surface area contributed by atoms with Gasteiger partial charge in [-0.1, -0.05) is 303 Å². The van der Waals surface area contributed by atoms with E-state index in [1.165, 1.54) is 148 Å². The van der Waals surface area contributed by atoms with Crippen LogP contribution >= 0.6 is 0 Å². The van der Waals surface area contributed by atoms with Crippen LogP contribution in [0, 0.1) is 6.92 Å². The number of hydrogen-bond acceptors (Lipinski definition) is 0. The van der Waals surface area contributed by atoms with E-state index in [4.69, 9.17) is 0 Å². The quantitative estimate of drug-likeness (QED) is 0.105. The Kier molecular flexibility index (Phi) is 10.8. The molecule has 0 amide bonds. The van der Waals surface area contributed by atoms with E-state index in [2.05, 4.69) is 304 Å². The summed E-state index contributed by atoms with van der Waals surface area (Å²) in [6.07, 6.45) is 4.60. The highest BCUT2D eigenvalue weighted by molar-refractivity contribution is 6.24. The predicted octanol–water partition coefficient (Wildman–Crippen LogP) is 21.0. The van der Waals surface area contributed by atoms with Gasteiger partial charge in [-0.25, -0.2) is 0 Å². The van der Waals surface area contributed by atoms with Crippen LogP contribution in [0.5, 0.6) is 0 Å². The maximum Gasteiger partial charge on any atom is 0.0713 e. The number of fused-ring (bicyclic) bond motifs is 8. The molecule has 1 aliphatic carbocycles. The zero-order chi connectivity index (χ0) is 51.7. The number of hydrogen-bond donors (Lipinski definition) is 0. The van der Waals surface area contributed by atoms with Crippen molar-refractivity contribution in [2.24, 2.45) is 0 Å². The molecule has 0 radical (unpaired) electrons. The van der Waals surface area contributed by atoms with Crippen molar-refractivity contribution >= 4 is 66.0 Å². The maximum absolute atomic E-state index is 2.36. The van der Waals surface area contributed by atoms with Crippen LogP contribution in [0.15, 0.2) is 285 Å². The Morgan fingerprint density at radius 2 is 0.615 bits per heavy atom. The predicted molar refractivity (Wildman–Crippen MR) is 333 cm³/mol. The van der Waals surface area contributed by atoms with Gasteiger partial charge in [-0.05, 0) is 150 Å². The Morgan fingerprint density at radius 3 is 1.18 bits per heavy atom. The molecule has 0 saturated carbocycles. The first kappa shape index (κ1) is 45.5. The molecule has 14 aromatic rings. The summed E-state index contributed by atoms with van der Waals surface area (Å²) in [4.78, 5) is 0. The third-order valence-corrected chi connectivity index (χ3v) is 16.9. The van der Waals surface area contributed by atoms with E-state index in [9.17, 15) is 0 Å². The molecule has 0 saturated heterocycles. The fraction of sp³-hybridized carbons (Fsp3) is 0.0256. The molecule has 0 nitrogen and oxygen atoms in total. The molecule has 0 aliphatic heterocycles. The lowest BCUT2D eigenvalue weighted by Crippen LogP contribution is -2.28. The van der Waals surface area contributed by atoms with Crippen molar-refractivity contribution in [3.05, 3.63) is 324 Å². The Bertz CT molecular complexity index is 4600. The zero-order valence-electron chi connectivity index (χ0n) is 43.3. The first-order valence-electron chi connectivity index (χ1n) is 27.2. The Hall–Kier alpha value is -9.88. The van der Waals surface area contributed by atoms with Gasteiger partial charge in [-0.15, -0.1) is 0 Å². The molecule has 1 aliphatic rings. The van der Waals surface area contributed by atoms with Gasteiger partial charge in [0, 0.05) is 0 Å². The summed E-state index contributed by atoms with van der Waals surface area (Å²) < 4.78 is 0. The fourth-order valence-electron chi connectivity index (χ4n) is 13.3. The molecular weight excluding hydrogens is 937 g/mol. The average Bonchev–Trinajstić information content (AvgIpc) is 3.56. The van der Waals surface area contributed by atoms with Crippen LogP contribution in [0.1, 0.15) is 38.9 Å². The highest BCUT2D eigenvalue weighted by Gasteiger charge is 2.45. The molecule has 0 heteroatoms. The smallest absolute Gasteiger partial charge is 0.0619 e. The van der Waals surface area contributed by atoms with Crippen molar-refractivity contribution in [3.8, 4) is 55.6 Å². The van der Waals surface area contributed by atoms with Gasteiger partial charge < -0.3 is 0 Å². The fourth-order valence-corrected chi connectivity index (χ4v) is 13.3. The van der Waals surface area contributed by atoms with Gasteiger partial charge in [-0.2, -0.15) is 0 Å². The van der Waals surface area contributed by atoms with E-state index in [-0.39, 0.29) is 0 Å². The average molecular weight is 989 g/mol. The van der Waals surface area contributed by atoms with E-state index in [1.807, 2.05) is 0 Å². The van der Waals surface area contributed by atoms with Crippen molar-refractivity contribution in [2.45, 2.75) is 12.3 Å². The first-order valence-corrected chi connectivity index (χ1v) is 27.2. The van der Waals surface area contributed by atoms with Crippen molar-refractivity contribution in [2.75, 3.05) is 0 Å². The highest BCUT2D eigenvalue weighted by atomic mass is 14.5. The summed E-state index contributed by atoms with van der Waals surface area (Å²) in [5, 5.41) is 12.5. The lowest BCUT2D eigenvalue weighted by Gasteiger charge is -2.34. The maximum atomic E-state index is 2.36. The van der Waals surface area contributed by atoms with Gasteiger partial charge in [0.25, 0.3) is 0 Å². The molecule has 0 atom stereocenters. The van der Waals surface area contributed by atoms with E-state index >= 15 is 0 Å². The molecule has 0 spiro atoms. The highest BCUT2D eigenvalue weighted by Crippen LogP contribution is 2.56. The second-order valence-corrected chi connectivity index (χ2v) is 21.1. The Morgan fingerprint density at radius 1 is 0.244 bits per heavy atom. The first-order chi connectivity index (χ1) is 38.6. The zero-order valence-corrected chi connectivity index (χ0v) is 43.3. The van der Waals surface area contributed by atoms with Gasteiger partial charge in [-0.3, -0.25) is 0 Å². The normalized spacial score (nSPS) is 12.7. The van der Waals surface area contributed by atoms with Gasteiger partial charge in [0.05, 0.1) is 5.41 Å². The van der Waals surface area contributed by atoms with Crippen LogP contribution < -0.4 is 0 Å². The van der Waals surface area contributed by atoms with Crippen LogP contribution in [-0.2, 0) is 5.41 Å². The van der Waals surface area contributed by atoms with Crippen LogP contribution in [0.2, 0.25) is 0 Å². The summed E-state index contributed by atoms with van der Waals surface area (Å²) >= 11 is 0. The third kappa shape index (κ3) is 7.14. The van der Waals surface area contributed by atoms with Gasteiger partial charge in [0.1, 0.15) is 0 Å². The topological polar surface area (TPSA) is 0 Å². The lowest BCUT2D eigenvalue weighted by atomic mass is 9.67. The van der Waals surface area contributed by atoms with E-state index in [0.717, 1.165) is 0 Å². The van der Waals surface area contributed by atoms with Gasteiger partial charge in [0.15, 0.2) is 0 Å². The summed E-state index contributed by atoms with van der Waals surface area (Å²) in [5.41, 5.74) is 20.9. The minimum Gasteiger partial charge on any atom is -0.0619 e. The van der Waals surface area contributed by atoms with Crippen LogP contribution in [0.3, 0.4) is 0 Å². The molecule has 0 bridgehead atoms.